The molecule has 14 nitrogen and oxygen atoms in total. The van der Waals surface area contributed by atoms with E-state index in [0.717, 1.165) is 38.5 Å². The number of allylic oxidation sites excluding steroid dienone is 2. The van der Waals surface area contributed by atoms with E-state index in [9.17, 15) is 45.3 Å². The van der Waals surface area contributed by atoms with Gasteiger partial charge in [-0.05, 0) is 103 Å². The second-order valence-corrected chi connectivity index (χ2v) is 21.1. The Balaban J connectivity index is 1.13. The van der Waals surface area contributed by atoms with Gasteiger partial charge in [0.1, 0.15) is 48.1 Å². The van der Waals surface area contributed by atoms with Crippen molar-refractivity contribution in [3.63, 3.8) is 0 Å². The molecule has 0 spiro atoms. The Morgan fingerprint density at radius 2 is 1.54 bits per heavy atom. The summed E-state index contributed by atoms with van der Waals surface area (Å²) in [6.07, 6.45) is -3.25. The highest BCUT2D eigenvalue weighted by atomic mass is 16.7. The summed E-state index contributed by atoms with van der Waals surface area (Å²) >= 11 is 0. The highest BCUT2D eigenvalue weighted by Gasteiger charge is 2.71. The van der Waals surface area contributed by atoms with Crippen molar-refractivity contribution < 1.29 is 64.3 Å². The fraction of sp³-hybridized carbons (Fsp3) is 0.907. The van der Waals surface area contributed by atoms with Crippen molar-refractivity contribution in [2.75, 3.05) is 13.2 Å². The number of nitrogens with one attached hydrogen (secondary N) is 1. The number of ether oxygens (including phenoxy) is 4. The summed E-state index contributed by atoms with van der Waals surface area (Å²) < 4.78 is 24.2. The average Bonchev–Trinajstić information content (AvgIpc) is 3.11. The van der Waals surface area contributed by atoms with E-state index in [1.807, 2.05) is 0 Å². The first kappa shape index (κ1) is 43.4. The van der Waals surface area contributed by atoms with Crippen LogP contribution in [0.2, 0.25) is 0 Å². The van der Waals surface area contributed by atoms with E-state index in [0.29, 0.717) is 19.3 Å². The second-order valence-electron chi connectivity index (χ2n) is 21.1. The molecule has 2 saturated heterocycles. The third-order valence-electron chi connectivity index (χ3n) is 17.3. The first-order chi connectivity index (χ1) is 26.4. The SMILES string of the molecule is CC(=O)N[C@H]1[C@H](O[C@H]2CC[C@]3(C)[C@H]4CC=C5[C@@H]6CC(C)(C)CC[C@]6(C(=O)O)[C@H](O)C[C@@]5(C)[C@]4(C)CC[C@H]3C2(C)C)O[C@H](CO[C@@H]2OC[C@H](O)[C@H](O)[C@H]2O)[C@@H](O)[C@@H]1O. The number of rotatable bonds is 7. The number of aliphatic hydroxyl groups is 6. The van der Waals surface area contributed by atoms with Gasteiger partial charge in [0, 0.05) is 6.92 Å². The molecule has 7 rings (SSSR count). The molecule has 14 heteroatoms. The van der Waals surface area contributed by atoms with Crippen molar-refractivity contribution in [3.05, 3.63) is 11.6 Å². The summed E-state index contributed by atoms with van der Waals surface area (Å²) in [5.74, 6) is -1.04. The van der Waals surface area contributed by atoms with Crippen LogP contribution >= 0.6 is 0 Å². The molecule has 0 bridgehead atoms. The first-order valence-electron chi connectivity index (χ1n) is 21.3. The minimum Gasteiger partial charge on any atom is -0.481 e. The van der Waals surface area contributed by atoms with Gasteiger partial charge in [-0.15, -0.1) is 0 Å². The van der Waals surface area contributed by atoms with Crippen molar-refractivity contribution in [2.45, 2.75) is 181 Å². The van der Waals surface area contributed by atoms with Gasteiger partial charge >= 0.3 is 5.97 Å². The van der Waals surface area contributed by atoms with Gasteiger partial charge in [0.15, 0.2) is 12.6 Å². The molecule has 324 valence electrons. The number of amides is 1. The number of carboxylic acid groups (broad SMARTS) is 1. The third-order valence-corrected chi connectivity index (χ3v) is 17.3. The summed E-state index contributed by atoms with van der Waals surface area (Å²) in [6.45, 7) is 16.7. The predicted molar refractivity (Wildman–Crippen MR) is 205 cm³/mol. The van der Waals surface area contributed by atoms with Gasteiger partial charge in [-0.3, -0.25) is 9.59 Å². The lowest BCUT2D eigenvalue weighted by atomic mass is 9.33. The standard InChI is InChI=1S/C43H69NO13/c1-21(45)44-30-33(50)32(49)25(20-55-36-34(51)31(48)24(46)19-54-36)56-35(30)57-29-12-13-40(6)26(39(29,4)5)11-14-41(7)27(40)10-9-22-23-17-38(2,3)15-16-43(23,37(52)53)28(47)18-42(22,41)8/h9,23-36,46-51H,10-20H2,1-8H3,(H,44,45)(H,52,53)/t23-,24-,25+,26-,27+,28+,29-,30+,31-,32+,33+,34+,35-,36-,40-,41+,42+,43+/m0/s1. The minimum atomic E-state index is -1.55. The van der Waals surface area contributed by atoms with Crippen LogP contribution in [0.3, 0.4) is 0 Å². The smallest absolute Gasteiger partial charge is 0.312 e. The fourth-order valence-electron chi connectivity index (χ4n) is 13.8. The molecule has 0 aromatic heterocycles. The van der Waals surface area contributed by atoms with Crippen molar-refractivity contribution in [1.29, 1.82) is 0 Å². The fourth-order valence-corrected chi connectivity index (χ4v) is 13.8. The molecule has 4 saturated carbocycles. The van der Waals surface area contributed by atoms with Gasteiger partial charge < -0.3 is 60.0 Å². The maximum Gasteiger partial charge on any atom is 0.312 e. The van der Waals surface area contributed by atoms with Gasteiger partial charge in [-0.1, -0.05) is 60.1 Å². The Morgan fingerprint density at radius 3 is 2.21 bits per heavy atom. The average molecular weight is 808 g/mol. The molecule has 7 aliphatic rings. The van der Waals surface area contributed by atoms with Crippen molar-refractivity contribution >= 4 is 11.9 Å². The number of hydrogen-bond donors (Lipinski definition) is 8. The van der Waals surface area contributed by atoms with Crippen LogP contribution in [0.1, 0.15) is 113 Å². The second kappa shape index (κ2) is 14.7. The highest BCUT2D eigenvalue weighted by molar-refractivity contribution is 5.77. The normalized spacial score (nSPS) is 51.6. The van der Waals surface area contributed by atoms with Crippen LogP contribution in [-0.2, 0) is 28.5 Å². The monoisotopic (exact) mass is 807 g/mol. The molecule has 0 aromatic rings. The molecule has 0 radical (unpaired) electrons. The Labute approximate surface area is 336 Å². The van der Waals surface area contributed by atoms with E-state index in [4.69, 9.17) is 18.9 Å². The molecule has 6 fully saturated rings. The van der Waals surface area contributed by atoms with E-state index in [1.54, 1.807) is 0 Å². The molecular weight excluding hydrogens is 738 g/mol. The Morgan fingerprint density at radius 1 is 0.842 bits per heavy atom. The van der Waals surface area contributed by atoms with Crippen LogP contribution in [0.5, 0.6) is 0 Å². The molecule has 2 heterocycles. The summed E-state index contributed by atoms with van der Waals surface area (Å²) in [5.41, 5.74) is -1.00. The van der Waals surface area contributed by atoms with E-state index in [2.05, 4.69) is 59.9 Å². The Bertz CT molecular complexity index is 1590. The van der Waals surface area contributed by atoms with Crippen LogP contribution in [0.15, 0.2) is 11.6 Å². The number of hydrogen-bond acceptors (Lipinski definition) is 12. The molecule has 5 aliphatic carbocycles. The number of aliphatic hydroxyl groups excluding tert-OH is 6. The quantitative estimate of drug-likeness (QED) is 0.137. The lowest BCUT2D eigenvalue weighted by molar-refractivity contribution is -0.322. The largest absolute Gasteiger partial charge is 0.481 e. The summed E-state index contributed by atoms with van der Waals surface area (Å²) in [7, 11) is 0. The first-order valence-corrected chi connectivity index (χ1v) is 21.3. The van der Waals surface area contributed by atoms with Crippen LogP contribution in [-0.4, -0.2) is 128 Å². The lowest BCUT2D eigenvalue weighted by Crippen LogP contribution is -2.68. The summed E-state index contributed by atoms with van der Waals surface area (Å²) in [6, 6.07) is -1.09. The zero-order chi connectivity index (χ0) is 41.8. The van der Waals surface area contributed by atoms with Crippen LogP contribution < -0.4 is 5.32 Å². The highest BCUT2D eigenvalue weighted by Crippen LogP contribution is 2.76. The number of aliphatic carboxylic acids is 1. The Kier molecular flexibility index (Phi) is 11.2. The van der Waals surface area contributed by atoms with Crippen molar-refractivity contribution in [1.82, 2.24) is 5.32 Å². The zero-order valence-electron chi connectivity index (χ0n) is 35.0. The van der Waals surface area contributed by atoms with Gasteiger partial charge in [-0.2, -0.15) is 0 Å². The van der Waals surface area contributed by atoms with Gasteiger partial charge in [0.25, 0.3) is 0 Å². The van der Waals surface area contributed by atoms with E-state index in [1.165, 1.54) is 12.5 Å². The molecule has 57 heavy (non-hydrogen) atoms. The molecular formula is C43H69NO13. The third kappa shape index (κ3) is 6.66. The number of carboxylic acids is 1. The van der Waals surface area contributed by atoms with E-state index in [-0.39, 0.29) is 58.7 Å². The predicted octanol–water partition coefficient (Wildman–Crippen LogP) is 2.64. The minimum absolute atomic E-state index is 0.0191. The van der Waals surface area contributed by atoms with E-state index >= 15 is 0 Å². The Hall–Kier alpha value is -1.72. The lowest BCUT2D eigenvalue weighted by Gasteiger charge is -2.71. The number of carbonyl (C=O) groups excluding carboxylic acids is 1. The molecule has 18 atom stereocenters. The topological polar surface area (TPSA) is 225 Å². The maximum atomic E-state index is 13.1. The van der Waals surface area contributed by atoms with Gasteiger partial charge in [0.05, 0.1) is 25.4 Å². The van der Waals surface area contributed by atoms with Crippen molar-refractivity contribution in [3.8, 4) is 0 Å². The van der Waals surface area contributed by atoms with Gasteiger partial charge in [0.2, 0.25) is 5.91 Å². The van der Waals surface area contributed by atoms with Crippen LogP contribution in [0.25, 0.3) is 0 Å². The summed E-state index contributed by atoms with van der Waals surface area (Å²) in [5, 5.41) is 78.2. The molecule has 2 aliphatic heterocycles. The summed E-state index contributed by atoms with van der Waals surface area (Å²) in [4.78, 5) is 25.5. The number of carbonyl (C=O) groups is 2. The van der Waals surface area contributed by atoms with Crippen LogP contribution in [0.4, 0.5) is 0 Å². The molecule has 8 N–H and O–H groups in total. The maximum absolute atomic E-state index is 13.1. The number of fused-ring (bicyclic) bond motifs is 7. The van der Waals surface area contributed by atoms with Gasteiger partial charge in [-0.25, -0.2) is 0 Å². The van der Waals surface area contributed by atoms with Crippen LogP contribution in [0, 0.1) is 50.2 Å². The molecule has 0 unspecified atom stereocenters. The molecule has 0 aromatic carbocycles. The molecule has 1 amide bonds. The van der Waals surface area contributed by atoms with Crippen molar-refractivity contribution in [2.24, 2.45) is 50.2 Å². The van der Waals surface area contributed by atoms with E-state index < -0.39 is 84.1 Å². The zero-order valence-corrected chi connectivity index (χ0v) is 35.0.